The molecule has 248 valence electrons. The second kappa shape index (κ2) is 16.2. The van der Waals surface area contributed by atoms with Crippen molar-refractivity contribution in [3.63, 3.8) is 0 Å². The molecule has 0 bridgehead atoms. The fourth-order valence-corrected chi connectivity index (χ4v) is 5.45. The number of nitrogens with one attached hydrogen (secondary N) is 2. The topological polar surface area (TPSA) is 128 Å². The van der Waals surface area contributed by atoms with Gasteiger partial charge in [0.05, 0.1) is 43.9 Å². The number of hydrogen-bond acceptors (Lipinski definition) is 8. The fraction of sp³-hybridized carbons (Fsp3) is 0.382. The molecule has 4 aromatic rings. The molecule has 3 heterocycles. The molecule has 2 N–H and O–H groups in total. The van der Waals surface area contributed by atoms with E-state index >= 15 is 0 Å². The van der Waals surface area contributed by atoms with Crippen molar-refractivity contribution in [3.8, 4) is 0 Å². The number of halogens is 3. The minimum Gasteiger partial charge on any atom is -0.449 e. The Labute approximate surface area is 270 Å². The van der Waals surface area contributed by atoms with Gasteiger partial charge in [0.15, 0.2) is 5.82 Å². The Balaban J connectivity index is 1.11. The number of pyridine rings is 1. The van der Waals surface area contributed by atoms with Crippen LogP contribution >= 0.6 is 0 Å². The highest BCUT2D eigenvalue weighted by Gasteiger charge is 2.25. The zero-order valence-corrected chi connectivity index (χ0v) is 25.9. The van der Waals surface area contributed by atoms with E-state index in [0.717, 1.165) is 12.6 Å². The lowest BCUT2D eigenvalue weighted by Gasteiger charge is -2.29. The molecule has 2 aromatic carbocycles. The van der Waals surface area contributed by atoms with Crippen molar-refractivity contribution in [3.05, 3.63) is 107 Å². The maximum absolute atomic E-state index is 15.0. The number of hydrogen-bond donors (Lipinski definition) is 2. The van der Waals surface area contributed by atoms with Crippen LogP contribution < -0.4 is 10.6 Å². The van der Waals surface area contributed by atoms with Crippen LogP contribution in [0.15, 0.2) is 65.4 Å². The van der Waals surface area contributed by atoms with Gasteiger partial charge in [-0.1, -0.05) is 36.3 Å². The Bertz CT molecular complexity index is 1580. The zero-order chi connectivity index (χ0) is 33.2. The van der Waals surface area contributed by atoms with Crippen molar-refractivity contribution >= 4 is 17.7 Å². The van der Waals surface area contributed by atoms with E-state index in [1.807, 2.05) is 6.92 Å². The van der Waals surface area contributed by atoms with Crippen molar-refractivity contribution in [1.29, 1.82) is 0 Å². The molecule has 0 radical (unpaired) electrons. The van der Waals surface area contributed by atoms with Crippen molar-refractivity contribution in [2.24, 2.45) is 5.92 Å². The predicted octanol–water partition coefficient (Wildman–Crippen LogP) is 6.26. The normalized spacial score (nSPS) is 16.2. The zero-order valence-electron chi connectivity index (χ0n) is 25.9. The Hall–Kier alpha value is -4.78. The van der Waals surface area contributed by atoms with E-state index in [0.29, 0.717) is 60.7 Å². The first-order valence-electron chi connectivity index (χ1n) is 15.5. The average molecular weight is 652 g/mol. The molecule has 13 heteroatoms. The van der Waals surface area contributed by atoms with Gasteiger partial charge in [-0.3, -0.25) is 9.78 Å². The largest absolute Gasteiger partial charge is 0.449 e. The third-order valence-corrected chi connectivity index (χ3v) is 8.05. The van der Waals surface area contributed by atoms with E-state index in [2.05, 4.69) is 25.8 Å². The molecular formula is C34H36F3N5O5. The minimum absolute atomic E-state index is 0.0246. The summed E-state index contributed by atoms with van der Waals surface area (Å²) in [5.41, 5.74) is 1.93. The molecule has 1 aliphatic rings. The second-order valence-corrected chi connectivity index (χ2v) is 11.4. The molecule has 1 aliphatic heterocycles. The van der Waals surface area contributed by atoms with Gasteiger partial charge in [0.2, 0.25) is 11.8 Å². The number of rotatable bonds is 13. The van der Waals surface area contributed by atoms with Crippen molar-refractivity contribution in [1.82, 2.24) is 20.4 Å². The van der Waals surface area contributed by atoms with E-state index in [9.17, 15) is 22.8 Å². The van der Waals surface area contributed by atoms with Gasteiger partial charge in [0.1, 0.15) is 17.5 Å². The number of benzene rings is 2. The molecule has 2 amide bonds. The number of ether oxygens (including phenoxy) is 2. The highest BCUT2D eigenvalue weighted by molar-refractivity contribution is 5.92. The van der Waals surface area contributed by atoms with Crippen LogP contribution in [0, 0.1) is 23.4 Å². The quantitative estimate of drug-likeness (QED) is 0.173. The summed E-state index contributed by atoms with van der Waals surface area (Å²) in [4.78, 5) is 33.4. The fourth-order valence-electron chi connectivity index (χ4n) is 5.45. The van der Waals surface area contributed by atoms with Gasteiger partial charge in [-0.2, -0.15) is 4.98 Å². The summed E-state index contributed by atoms with van der Waals surface area (Å²) < 4.78 is 58.5. The summed E-state index contributed by atoms with van der Waals surface area (Å²) in [5, 5.41) is 9.16. The Kier molecular flexibility index (Phi) is 11.6. The van der Waals surface area contributed by atoms with Crippen molar-refractivity contribution in [2.45, 2.75) is 64.0 Å². The van der Waals surface area contributed by atoms with Crippen LogP contribution in [0.25, 0.3) is 0 Å². The average Bonchev–Trinajstić information content (AvgIpc) is 3.55. The smallest absolute Gasteiger partial charge is 0.407 e. The molecule has 47 heavy (non-hydrogen) atoms. The van der Waals surface area contributed by atoms with Crippen LogP contribution in [-0.2, 0) is 33.7 Å². The van der Waals surface area contributed by atoms with E-state index in [4.69, 9.17) is 14.0 Å². The lowest BCUT2D eigenvalue weighted by Crippen LogP contribution is -2.32. The van der Waals surface area contributed by atoms with Crippen LogP contribution in [0.2, 0.25) is 0 Å². The lowest BCUT2D eigenvalue weighted by atomic mass is 9.88. The molecule has 0 aliphatic carbocycles. The Morgan fingerprint density at radius 3 is 2.32 bits per heavy atom. The van der Waals surface area contributed by atoms with Crippen LogP contribution in [0.1, 0.15) is 66.9 Å². The Morgan fingerprint density at radius 2 is 1.70 bits per heavy atom. The van der Waals surface area contributed by atoms with Crippen LogP contribution in [-0.4, -0.2) is 46.4 Å². The first-order valence-corrected chi connectivity index (χ1v) is 15.5. The molecule has 2 aromatic heterocycles. The third-order valence-electron chi connectivity index (χ3n) is 8.05. The summed E-state index contributed by atoms with van der Waals surface area (Å²) >= 11 is 0. The SMILES string of the molecule is CCc1nc(CNC(=O)OC[C@H]2CC[C@@H](CCc3c(F)cncc3NC(=O)CC(c3ccc(F)cc3)c3ccc(F)cc3)OC2)no1. The van der Waals surface area contributed by atoms with Crippen LogP contribution in [0.5, 0.6) is 0 Å². The van der Waals surface area contributed by atoms with Gasteiger partial charge in [0.25, 0.3) is 0 Å². The van der Waals surface area contributed by atoms with Gasteiger partial charge in [-0.05, 0) is 61.1 Å². The van der Waals surface area contributed by atoms with Crippen molar-refractivity contribution in [2.75, 3.05) is 18.5 Å². The molecule has 0 unspecified atom stereocenters. The highest BCUT2D eigenvalue weighted by atomic mass is 19.1. The lowest BCUT2D eigenvalue weighted by molar-refractivity contribution is -0.116. The van der Waals surface area contributed by atoms with Gasteiger partial charge in [-0.25, -0.2) is 18.0 Å². The van der Waals surface area contributed by atoms with E-state index in [1.165, 1.54) is 30.5 Å². The molecular weight excluding hydrogens is 615 g/mol. The number of anilines is 1. The first-order chi connectivity index (χ1) is 22.8. The first kappa shape index (κ1) is 33.6. The predicted molar refractivity (Wildman–Crippen MR) is 165 cm³/mol. The second-order valence-electron chi connectivity index (χ2n) is 11.4. The van der Waals surface area contributed by atoms with Gasteiger partial charge in [0, 0.05) is 30.2 Å². The minimum atomic E-state index is -0.584. The highest BCUT2D eigenvalue weighted by Crippen LogP contribution is 2.30. The van der Waals surface area contributed by atoms with Gasteiger partial charge < -0.3 is 24.6 Å². The molecule has 1 saturated heterocycles. The summed E-state index contributed by atoms with van der Waals surface area (Å²) in [6.45, 7) is 2.57. The Morgan fingerprint density at radius 1 is 1.00 bits per heavy atom. The molecule has 1 fully saturated rings. The number of alkyl carbamates (subject to hydrolysis) is 1. The number of carbonyl (C=O) groups is 2. The number of carbonyl (C=O) groups excluding carboxylic acids is 2. The standard InChI is InChI=1S/C34H36F3N5O5/c1-2-33-41-31(42-47-33)18-39-34(44)46-20-21-3-12-26(45-19-21)13-14-27-29(37)16-38-17-30(27)40-32(43)15-28(22-4-8-24(35)9-5-22)23-6-10-25(36)11-7-23/h4-11,16-17,21,26,28H,2-3,12-15,18-20H2,1H3,(H,39,44)(H,40,43)/t21-,26-/m0/s1. The molecule has 2 atom stereocenters. The number of amides is 2. The molecule has 0 saturated carbocycles. The summed E-state index contributed by atoms with van der Waals surface area (Å²) in [5.74, 6) is -1.37. The summed E-state index contributed by atoms with van der Waals surface area (Å²) in [7, 11) is 0. The maximum Gasteiger partial charge on any atom is 0.407 e. The third kappa shape index (κ3) is 9.61. The van der Waals surface area contributed by atoms with E-state index in [-0.39, 0.29) is 37.3 Å². The van der Waals surface area contributed by atoms with E-state index < -0.39 is 35.4 Å². The van der Waals surface area contributed by atoms with Gasteiger partial charge in [-0.15, -0.1) is 0 Å². The van der Waals surface area contributed by atoms with Crippen LogP contribution in [0.4, 0.5) is 23.7 Å². The molecule has 0 spiro atoms. The maximum atomic E-state index is 15.0. The van der Waals surface area contributed by atoms with Crippen molar-refractivity contribution < 1.29 is 36.8 Å². The summed E-state index contributed by atoms with van der Waals surface area (Å²) in [6, 6.07) is 11.6. The number of aryl methyl sites for hydroxylation is 1. The monoisotopic (exact) mass is 651 g/mol. The molecule has 10 nitrogen and oxygen atoms in total. The number of nitrogens with zero attached hydrogens (tertiary/aromatic N) is 3. The van der Waals surface area contributed by atoms with Gasteiger partial charge >= 0.3 is 6.09 Å². The summed E-state index contributed by atoms with van der Waals surface area (Å²) in [6.07, 6.45) is 4.62. The van der Waals surface area contributed by atoms with E-state index in [1.54, 1.807) is 24.3 Å². The van der Waals surface area contributed by atoms with Crippen LogP contribution in [0.3, 0.4) is 0 Å². The number of aromatic nitrogens is 3. The molecule has 5 rings (SSSR count).